The standard InChI is InChI=1S/C23H29F17O4S2/c1-3-4-5-7-10-14(41)13-45(2,15-11-8-6-9-12-15)44-46(42,43)23(39,40)21(34,35)19(30,31)17(26,27)16(24,25)18(28,29)20(32,33)22(36,37)38/h15H,3-13H2,1-2H3. The van der Waals surface area contributed by atoms with E-state index >= 15 is 0 Å². The van der Waals surface area contributed by atoms with Crippen LogP contribution in [0.1, 0.15) is 71.1 Å². The predicted octanol–water partition coefficient (Wildman–Crippen LogP) is 9.52. The zero-order valence-corrected chi connectivity index (χ0v) is 25.4. The van der Waals surface area contributed by atoms with Crippen molar-refractivity contribution in [3.8, 4) is 0 Å². The van der Waals surface area contributed by atoms with Crippen LogP contribution in [0.2, 0.25) is 0 Å². The monoisotopic (exact) mass is 756 g/mol. The number of hydrogen-bond donors (Lipinski definition) is 0. The molecule has 0 aliphatic heterocycles. The van der Waals surface area contributed by atoms with Crippen molar-refractivity contribution in [2.24, 2.45) is 0 Å². The fraction of sp³-hybridized carbons (Fsp3) is 0.957. The molecule has 1 rings (SSSR count). The molecule has 0 saturated heterocycles. The van der Waals surface area contributed by atoms with Gasteiger partial charge in [-0.1, -0.05) is 45.4 Å². The summed E-state index contributed by atoms with van der Waals surface area (Å²) in [5, 5.41) is -8.95. The van der Waals surface area contributed by atoms with Gasteiger partial charge in [0.05, 0.1) is 5.75 Å². The van der Waals surface area contributed by atoms with Gasteiger partial charge in [-0.05, 0) is 25.5 Å². The molecular weight excluding hydrogens is 727 g/mol. The Bertz CT molecular complexity index is 1170. The van der Waals surface area contributed by atoms with Crippen molar-refractivity contribution in [2.75, 3.05) is 12.0 Å². The molecule has 1 fully saturated rings. The van der Waals surface area contributed by atoms with Crippen molar-refractivity contribution < 1.29 is 91.5 Å². The van der Waals surface area contributed by atoms with Crippen molar-refractivity contribution in [3.63, 3.8) is 0 Å². The highest BCUT2D eigenvalue weighted by molar-refractivity contribution is 8.33. The van der Waals surface area contributed by atoms with E-state index in [-0.39, 0.29) is 38.5 Å². The van der Waals surface area contributed by atoms with E-state index in [4.69, 9.17) is 0 Å². The molecule has 0 heterocycles. The van der Waals surface area contributed by atoms with Gasteiger partial charge >= 0.3 is 57.1 Å². The van der Waals surface area contributed by atoms with E-state index in [2.05, 4.69) is 3.63 Å². The molecule has 1 unspecified atom stereocenters. The van der Waals surface area contributed by atoms with Crippen LogP contribution in [0.4, 0.5) is 74.6 Å². The van der Waals surface area contributed by atoms with Crippen LogP contribution in [-0.4, -0.2) is 78.4 Å². The molecule has 0 aromatic rings. The summed E-state index contributed by atoms with van der Waals surface area (Å²) in [5.74, 6) is -54.1. The molecule has 1 aliphatic carbocycles. The maximum atomic E-state index is 14.7. The summed E-state index contributed by atoms with van der Waals surface area (Å²) < 4.78 is 261. The highest BCUT2D eigenvalue weighted by Crippen LogP contribution is 2.66. The normalized spacial score (nSPS) is 19.5. The third-order valence-corrected chi connectivity index (χ3v) is 12.9. The number of carbonyl (C=O) groups is 1. The van der Waals surface area contributed by atoms with E-state index in [9.17, 15) is 87.8 Å². The van der Waals surface area contributed by atoms with Crippen LogP contribution in [0, 0.1) is 0 Å². The first kappa shape index (κ1) is 42.8. The quantitative estimate of drug-likeness (QED) is 0.110. The highest BCUT2D eigenvalue weighted by atomic mass is 32.3. The molecule has 23 heteroatoms. The molecule has 276 valence electrons. The Morgan fingerprint density at radius 1 is 0.630 bits per heavy atom. The minimum absolute atomic E-state index is 0.102. The lowest BCUT2D eigenvalue weighted by Gasteiger charge is -2.45. The average Bonchev–Trinajstić information content (AvgIpc) is 2.89. The summed E-state index contributed by atoms with van der Waals surface area (Å²) >= 11 is 0. The van der Waals surface area contributed by atoms with Crippen LogP contribution in [0.3, 0.4) is 0 Å². The molecule has 0 spiro atoms. The predicted molar refractivity (Wildman–Crippen MR) is 130 cm³/mol. The SMILES string of the molecule is CCCCCCC(=O)CS(C)(OS(=O)(=O)C(F)(F)C(F)(F)C(F)(F)C(F)(F)C(F)(F)C(F)(F)C(F)(F)C(F)(F)F)C1CCCCC1. The van der Waals surface area contributed by atoms with Crippen molar-refractivity contribution >= 4 is 26.2 Å². The minimum atomic E-state index is -8.92. The second kappa shape index (κ2) is 13.6. The fourth-order valence-electron chi connectivity index (χ4n) is 4.46. The van der Waals surface area contributed by atoms with Gasteiger partial charge in [-0.3, -0.25) is 4.79 Å². The smallest absolute Gasteiger partial charge is 0.299 e. The summed E-state index contributed by atoms with van der Waals surface area (Å²) in [5.41, 5.74) is 0. The van der Waals surface area contributed by atoms with E-state index in [1.165, 1.54) is 0 Å². The number of halogens is 17. The summed E-state index contributed by atoms with van der Waals surface area (Å²) in [4.78, 5) is 12.5. The lowest BCUT2D eigenvalue weighted by atomic mass is 9.91. The van der Waals surface area contributed by atoms with Gasteiger partial charge in [0.1, 0.15) is 5.78 Å². The Morgan fingerprint density at radius 3 is 1.46 bits per heavy atom. The number of rotatable bonds is 17. The van der Waals surface area contributed by atoms with Crippen molar-refractivity contribution in [2.45, 2.75) is 123 Å². The second-order valence-electron chi connectivity index (χ2n) is 10.8. The number of unbranched alkanes of at least 4 members (excludes halogenated alkanes) is 3. The van der Waals surface area contributed by atoms with Crippen LogP contribution in [0.15, 0.2) is 0 Å². The first-order valence-electron chi connectivity index (χ1n) is 13.2. The molecule has 1 aliphatic rings. The van der Waals surface area contributed by atoms with Gasteiger partial charge in [0.2, 0.25) is 0 Å². The lowest BCUT2D eigenvalue weighted by Crippen LogP contribution is -2.75. The summed E-state index contributed by atoms with van der Waals surface area (Å²) in [6.45, 7) is 1.78. The van der Waals surface area contributed by atoms with E-state index in [0.29, 0.717) is 31.9 Å². The molecule has 1 atom stereocenters. The molecule has 0 N–H and O–H groups in total. The highest BCUT2D eigenvalue weighted by Gasteiger charge is 2.96. The number of Topliss-reactive ketones (excluding diaryl/α,β-unsaturated/α-hetero) is 1. The maximum absolute atomic E-state index is 14.7. The van der Waals surface area contributed by atoms with Crippen LogP contribution in [0.25, 0.3) is 0 Å². The van der Waals surface area contributed by atoms with Gasteiger partial charge in [-0.15, -0.1) is 10.3 Å². The second-order valence-corrected chi connectivity index (χ2v) is 15.9. The lowest BCUT2D eigenvalue weighted by molar-refractivity contribution is -0.458. The Morgan fingerprint density at radius 2 is 1.04 bits per heavy atom. The molecule has 1 saturated carbocycles. The van der Waals surface area contributed by atoms with Crippen molar-refractivity contribution in [1.29, 1.82) is 0 Å². The van der Waals surface area contributed by atoms with Crippen molar-refractivity contribution in [3.05, 3.63) is 0 Å². The van der Waals surface area contributed by atoms with Crippen LogP contribution in [-0.2, 0) is 18.5 Å². The van der Waals surface area contributed by atoms with Crippen molar-refractivity contribution in [1.82, 2.24) is 0 Å². The zero-order chi connectivity index (χ0) is 36.6. The molecule has 0 aromatic heterocycles. The Hall–Kier alpha value is -1.26. The Kier molecular flexibility index (Phi) is 12.6. The largest absolute Gasteiger partial charge is 0.460 e. The van der Waals surface area contributed by atoms with Gasteiger partial charge in [0.15, 0.2) is 0 Å². The summed E-state index contributed by atoms with van der Waals surface area (Å²) in [6, 6.07) is 0. The minimum Gasteiger partial charge on any atom is -0.299 e. The molecule has 4 nitrogen and oxygen atoms in total. The van der Waals surface area contributed by atoms with Gasteiger partial charge in [-0.2, -0.15) is 83.1 Å². The topological polar surface area (TPSA) is 60.4 Å². The Labute approximate surface area is 253 Å². The molecular formula is C23H29F17O4S2. The number of ketones is 1. The van der Waals surface area contributed by atoms with Gasteiger partial charge in [0.25, 0.3) is 0 Å². The van der Waals surface area contributed by atoms with Crippen LogP contribution < -0.4 is 0 Å². The van der Waals surface area contributed by atoms with Crippen LogP contribution >= 0.6 is 10.3 Å². The molecule has 0 radical (unpaired) electrons. The molecule has 0 amide bonds. The number of hydrogen-bond acceptors (Lipinski definition) is 4. The first-order chi connectivity index (χ1) is 20.3. The van der Waals surface area contributed by atoms with E-state index in [1.807, 2.05) is 0 Å². The maximum Gasteiger partial charge on any atom is 0.460 e. The molecule has 0 bridgehead atoms. The van der Waals surface area contributed by atoms with Gasteiger partial charge in [-0.25, -0.2) is 3.63 Å². The molecule has 0 aromatic carbocycles. The fourth-order valence-corrected chi connectivity index (χ4v) is 9.86. The van der Waals surface area contributed by atoms with E-state index in [1.54, 1.807) is 6.92 Å². The average molecular weight is 757 g/mol. The number of alkyl halides is 17. The third-order valence-electron chi connectivity index (χ3n) is 7.27. The number of carbonyl (C=O) groups excluding carboxylic acids is 1. The van der Waals surface area contributed by atoms with E-state index < -0.39 is 84.2 Å². The molecule has 46 heavy (non-hydrogen) atoms. The van der Waals surface area contributed by atoms with Crippen LogP contribution in [0.5, 0.6) is 0 Å². The summed E-state index contributed by atoms with van der Waals surface area (Å²) in [7, 11) is -11.7. The summed E-state index contributed by atoms with van der Waals surface area (Å²) in [6.07, 6.45) is -4.93. The van der Waals surface area contributed by atoms with E-state index in [0.717, 1.165) is 0 Å². The van der Waals surface area contributed by atoms with Gasteiger partial charge < -0.3 is 0 Å². The first-order valence-corrected chi connectivity index (χ1v) is 16.8. The third kappa shape index (κ3) is 7.19. The zero-order valence-electron chi connectivity index (χ0n) is 23.7. The van der Waals surface area contributed by atoms with Gasteiger partial charge in [0, 0.05) is 11.7 Å². The Balaban J connectivity index is 3.65.